The third kappa shape index (κ3) is 15.3. The Kier molecular flexibility index (Phi) is 20.0. The molecular formula is C53H65N3O10S2. The normalized spacial score (nSPS) is 16.3. The number of esters is 1. The monoisotopic (exact) mass is 967 g/mol. The summed E-state index contributed by atoms with van der Waals surface area (Å²) in [6, 6.07) is 25.3. The molecule has 15 heteroatoms. The molecule has 5 aromatic rings. The van der Waals surface area contributed by atoms with E-state index in [0.717, 1.165) is 71.2 Å². The lowest BCUT2D eigenvalue weighted by molar-refractivity contribution is -0.138. The van der Waals surface area contributed by atoms with E-state index < -0.39 is 5.97 Å². The first-order chi connectivity index (χ1) is 33.4. The summed E-state index contributed by atoms with van der Waals surface area (Å²) < 4.78 is 55.1. The van der Waals surface area contributed by atoms with Crippen molar-refractivity contribution in [2.45, 2.75) is 20.5 Å². The summed E-state index contributed by atoms with van der Waals surface area (Å²) in [5, 5.41) is 2.02. The molecule has 364 valence electrons. The molecule has 1 saturated heterocycles. The molecule has 13 nitrogen and oxygen atoms in total. The van der Waals surface area contributed by atoms with Gasteiger partial charge in [0.1, 0.15) is 43.7 Å². The molecule has 1 fully saturated rings. The number of hydrogen-bond donors (Lipinski definition) is 0. The van der Waals surface area contributed by atoms with E-state index in [1.165, 1.54) is 6.08 Å². The summed E-state index contributed by atoms with van der Waals surface area (Å²) in [5.74, 6) is 1.91. The van der Waals surface area contributed by atoms with Crippen molar-refractivity contribution in [1.82, 2.24) is 0 Å². The number of nitrogens with zero attached hydrogens (tertiary/aromatic N) is 3. The second-order valence-corrected chi connectivity index (χ2v) is 18.3. The highest BCUT2D eigenvalue weighted by atomic mass is 32.1. The summed E-state index contributed by atoms with van der Waals surface area (Å²) in [6.07, 6.45) is 5.41. The number of benzene rings is 3. The number of thiophene rings is 2. The van der Waals surface area contributed by atoms with Crippen molar-refractivity contribution in [3.63, 3.8) is 0 Å². The predicted octanol–water partition coefficient (Wildman–Crippen LogP) is 9.19. The molecule has 0 radical (unpaired) electrons. The number of aryl methyl sites for hydroxylation is 2. The Labute approximate surface area is 409 Å². The minimum absolute atomic E-state index is 0.222. The fourth-order valence-corrected chi connectivity index (χ4v) is 9.63. The molecule has 0 unspecified atom stereocenters. The van der Waals surface area contributed by atoms with Gasteiger partial charge in [0.05, 0.1) is 89.6 Å². The Morgan fingerprint density at radius 3 is 1.76 bits per heavy atom. The van der Waals surface area contributed by atoms with Gasteiger partial charge in [-0.25, -0.2) is 4.79 Å². The van der Waals surface area contributed by atoms with Gasteiger partial charge in [-0.05, 0) is 96.6 Å². The van der Waals surface area contributed by atoms with Gasteiger partial charge < -0.3 is 57.3 Å². The van der Waals surface area contributed by atoms with Gasteiger partial charge in [-0.1, -0.05) is 30.9 Å². The smallest absolute Gasteiger partial charge is 0.330 e. The van der Waals surface area contributed by atoms with Gasteiger partial charge in [-0.15, -0.1) is 22.7 Å². The highest BCUT2D eigenvalue weighted by Gasteiger charge is 2.20. The molecule has 2 bridgehead atoms. The van der Waals surface area contributed by atoms with Crippen LogP contribution in [0.1, 0.15) is 27.1 Å². The van der Waals surface area contributed by atoms with Crippen LogP contribution in [0.5, 0.6) is 17.2 Å². The number of rotatable bonds is 11. The zero-order valence-corrected chi connectivity index (χ0v) is 41.3. The average Bonchev–Trinajstić information content (AvgIpc) is 4.03. The lowest BCUT2D eigenvalue weighted by Crippen LogP contribution is -2.34. The first-order valence-electron chi connectivity index (χ1n) is 23.3. The molecular weight excluding hydrogens is 903 g/mol. The topological polar surface area (TPSA) is 110 Å². The van der Waals surface area contributed by atoms with E-state index >= 15 is 0 Å². The second kappa shape index (κ2) is 27.0. The summed E-state index contributed by atoms with van der Waals surface area (Å²) >= 11 is 3.33. The molecule has 3 aliphatic rings. The maximum atomic E-state index is 11.6. The predicted molar refractivity (Wildman–Crippen MR) is 274 cm³/mol. The van der Waals surface area contributed by atoms with Crippen molar-refractivity contribution in [3.05, 3.63) is 118 Å². The van der Waals surface area contributed by atoms with Crippen molar-refractivity contribution in [3.8, 4) is 27.0 Å². The van der Waals surface area contributed by atoms with E-state index in [-0.39, 0.29) is 6.61 Å². The number of hydrogen-bond acceptors (Lipinski definition) is 15. The number of carbonyl (C=O) groups excluding carboxylic acids is 1. The van der Waals surface area contributed by atoms with Gasteiger partial charge in [0.15, 0.2) is 0 Å². The zero-order chi connectivity index (χ0) is 47.3. The molecule has 3 aromatic carbocycles. The number of ether oxygens (including phenoxy) is 9. The van der Waals surface area contributed by atoms with Gasteiger partial charge in [-0.3, -0.25) is 0 Å². The maximum absolute atomic E-state index is 11.6. The Bertz CT molecular complexity index is 2280. The fourth-order valence-electron chi connectivity index (χ4n) is 7.72. The molecule has 0 saturated carbocycles. The van der Waals surface area contributed by atoms with Gasteiger partial charge >= 0.3 is 5.97 Å². The van der Waals surface area contributed by atoms with Gasteiger partial charge in [0, 0.05) is 59.6 Å². The molecule has 2 aromatic heterocycles. The minimum atomic E-state index is -0.431. The fraction of sp³-hybridized carbons (Fsp3) is 0.415. The molecule has 8 rings (SSSR count). The van der Waals surface area contributed by atoms with Crippen LogP contribution in [0.15, 0.2) is 90.8 Å². The van der Waals surface area contributed by atoms with Crippen LogP contribution < -0.4 is 28.9 Å². The minimum Gasteiger partial charge on any atom is -0.490 e. The van der Waals surface area contributed by atoms with E-state index in [1.807, 2.05) is 5.38 Å². The molecule has 3 aliphatic heterocycles. The SMILES string of the molecule is C=CC(=O)OCc1csc(-c2ccc(/C=C/c3ccc(N4CCOc5cc(C)ccc5N5CCOCCOCCN(CCOCCOCC5)c5ccc(C)cc5OCC4)c(OCCOC)c3)s2)c1. The molecule has 0 spiro atoms. The van der Waals surface area contributed by atoms with Crippen LogP contribution >= 0.6 is 22.7 Å². The molecule has 0 N–H and O–H groups in total. The standard InChI is InChI=1S/C53H65N3O10S2/c1-5-53(57)66-38-43-37-52(67-39-43)51-15-11-44(68-51)10-8-42-9-14-47(50(36-42)65-33-28-58-4)56-20-26-63-48-34-40(2)6-12-45(48)54-16-22-59-29-31-61-24-18-55(19-25-62-32-30-60-23-17-54)46-13-7-41(3)35-49(46)64-27-21-56/h5-15,34-37,39H,1,16-33,38H2,2-4H3/b10-8+. The molecule has 0 amide bonds. The van der Waals surface area contributed by atoms with Crippen LogP contribution in [0, 0.1) is 13.8 Å². The highest BCUT2D eigenvalue weighted by Crippen LogP contribution is 2.36. The average molecular weight is 968 g/mol. The Balaban J connectivity index is 1.18. The van der Waals surface area contributed by atoms with E-state index in [0.29, 0.717) is 119 Å². The number of methoxy groups -OCH3 is 1. The summed E-state index contributed by atoms with van der Waals surface area (Å²) in [6.45, 7) is 17.4. The van der Waals surface area contributed by atoms with Gasteiger partial charge in [-0.2, -0.15) is 0 Å². The van der Waals surface area contributed by atoms with Crippen molar-refractivity contribution in [1.29, 1.82) is 0 Å². The largest absolute Gasteiger partial charge is 0.490 e. The van der Waals surface area contributed by atoms with Crippen LogP contribution in [0.4, 0.5) is 17.1 Å². The van der Waals surface area contributed by atoms with Crippen molar-refractivity contribution in [2.75, 3.05) is 140 Å². The van der Waals surface area contributed by atoms with Crippen molar-refractivity contribution < 1.29 is 47.4 Å². The van der Waals surface area contributed by atoms with Crippen LogP contribution in [-0.4, -0.2) is 132 Å². The Hall–Kier alpha value is -5.39. The third-order valence-electron chi connectivity index (χ3n) is 11.3. The highest BCUT2D eigenvalue weighted by molar-refractivity contribution is 7.21. The van der Waals surface area contributed by atoms with Crippen LogP contribution in [0.25, 0.3) is 21.9 Å². The molecule has 0 atom stereocenters. The number of anilines is 3. The van der Waals surface area contributed by atoms with Gasteiger partial charge in [0.25, 0.3) is 0 Å². The first-order valence-corrected chi connectivity index (χ1v) is 25.0. The van der Waals surface area contributed by atoms with Gasteiger partial charge in [0.2, 0.25) is 0 Å². The summed E-state index contributed by atoms with van der Waals surface area (Å²) in [4.78, 5) is 21.8. The van der Waals surface area contributed by atoms with E-state index in [1.54, 1.807) is 29.8 Å². The summed E-state index contributed by atoms with van der Waals surface area (Å²) in [5.41, 5.74) is 7.06. The number of fused-ring (bicyclic) bond motifs is 20. The van der Waals surface area contributed by atoms with Crippen molar-refractivity contribution >= 4 is 57.9 Å². The molecule has 5 heterocycles. The van der Waals surface area contributed by atoms with E-state index in [4.69, 9.17) is 42.6 Å². The lowest BCUT2D eigenvalue weighted by atomic mass is 10.1. The Morgan fingerprint density at radius 1 is 0.632 bits per heavy atom. The van der Waals surface area contributed by atoms with Crippen LogP contribution in [-0.2, 0) is 39.8 Å². The summed E-state index contributed by atoms with van der Waals surface area (Å²) in [7, 11) is 1.68. The van der Waals surface area contributed by atoms with E-state index in [9.17, 15) is 4.79 Å². The lowest BCUT2D eigenvalue weighted by Gasteiger charge is -2.30. The Morgan fingerprint density at radius 2 is 1.19 bits per heavy atom. The second-order valence-electron chi connectivity index (χ2n) is 16.3. The van der Waals surface area contributed by atoms with Crippen LogP contribution in [0.2, 0.25) is 0 Å². The van der Waals surface area contributed by atoms with Crippen LogP contribution in [0.3, 0.4) is 0 Å². The third-order valence-corrected chi connectivity index (χ3v) is 13.5. The number of carbonyl (C=O) groups is 1. The molecule has 68 heavy (non-hydrogen) atoms. The zero-order valence-electron chi connectivity index (χ0n) is 39.6. The quantitative estimate of drug-likeness (QED) is 0.0544. The first kappa shape index (κ1) is 50.5. The molecule has 0 aliphatic carbocycles. The van der Waals surface area contributed by atoms with E-state index in [2.05, 4.69) is 120 Å². The van der Waals surface area contributed by atoms with Crippen molar-refractivity contribution in [2.24, 2.45) is 0 Å². The maximum Gasteiger partial charge on any atom is 0.330 e.